The molecule has 0 fully saturated rings. The summed E-state index contributed by atoms with van der Waals surface area (Å²) in [6.45, 7) is 15.1. The van der Waals surface area contributed by atoms with Gasteiger partial charge in [0.1, 0.15) is 17.2 Å². The molecule has 0 spiro atoms. The maximum absolute atomic E-state index is 12.4. The molecule has 0 heterocycles. The Hall–Kier alpha value is -3.06. The lowest BCUT2D eigenvalue weighted by atomic mass is 10.2. The van der Waals surface area contributed by atoms with E-state index in [9.17, 15) is 9.59 Å². The normalized spacial score (nSPS) is 11.4. The fourth-order valence-electron chi connectivity index (χ4n) is 2.50. The van der Waals surface area contributed by atoms with Crippen LogP contribution in [0.5, 0.6) is 17.2 Å². The van der Waals surface area contributed by atoms with E-state index in [0.717, 1.165) is 18.2 Å². The molecule has 2 aromatic rings. The van der Waals surface area contributed by atoms with Crippen LogP contribution in [0.15, 0.2) is 61.2 Å². The van der Waals surface area contributed by atoms with Gasteiger partial charge in [-0.15, -0.1) is 0 Å². The topological polar surface area (TPSA) is 71.1 Å². The smallest absolute Gasteiger partial charge is 0.343 e. The molecule has 178 valence electrons. The molecule has 0 radical (unpaired) electrons. The zero-order chi connectivity index (χ0) is 24.5. The van der Waals surface area contributed by atoms with E-state index in [1.807, 2.05) is 12.1 Å². The number of unbranched alkanes of at least 4 members (excludes halogenated alkanes) is 1. The van der Waals surface area contributed by atoms with Crippen molar-refractivity contribution in [2.75, 3.05) is 13.2 Å². The lowest BCUT2D eigenvalue weighted by Gasteiger charge is -2.36. The van der Waals surface area contributed by atoms with Crippen LogP contribution in [-0.2, 0) is 9.53 Å². The number of benzene rings is 2. The molecular formula is C26H34O6Si. The van der Waals surface area contributed by atoms with Gasteiger partial charge in [0, 0.05) is 6.08 Å². The molecule has 0 saturated heterocycles. The van der Waals surface area contributed by atoms with Crippen LogP contribution in [-0.4, -0.2) is 33.5 Å². The number of ether oxygens (including phenoxy) is 3. The largest absolute Gasteiger partial charge is 0.543 e. The third-order valence-corrected chi connectivity index (χ3v) is 9.88. The minimum atomic E-state index is -1.92. The fraction of sp³-hybridized carbons (Fsp3) is 0.385. The van der Waals surface area contributed by atoms with Crippen molar-refractivity contribution in [1.29, 1.82) is 0 Å². The highest BCUT2D eigenvalue weighted by Crippen LogP contribution is 2.37. The second kappa shape index (κ2) is 11.7. The third kappa shape index (κ3) is 8.42. The molecule has 0 saturated carbocycles. The Labute approximate surface area is 197 Å². The van der Waals surface area contributed by atoms with Crippen molar-refractivity contribution in [3.8, 4) is 17.2 Å². The molecule has 0 aliphatic heterocycles. The van der Waals surface area contributed by atoms with Crippen molar-refractivity contribution in [2.45, 2.75) is 51.7 Å². The molecular weight excluding hydrogens is 436 g/mol. The van der Waals surface area contributed by atoms with Crippen LogP contribution in [0.3, 0.4) is 0 Å². The Morgan fingerprint density at radius 3 is 2.00 bits per heavy atom. The number of carbonyl (C=O) groups is 2. The standard InChI is InChI=1S/C26H34O6Si/c1-7-24(27)30-19-9-8-18-29-21-12-10-20(11-13-21)25(28)31-22-14-16-23(17-15-22)32-33(5,6)26(2,3)4/h7,10-17H,1,8-9,18-19H2,2-6H3. The molecule has 0 unspecified atom stereocenters. The summed E-state index contributed by atoms with van der Waals surface area (Å²) in [6.07, 6.45) is 2.58. The Bertz CT molecular complexity index is 927. The van der Waals surface area contributed by atoms with Crippen LogP contribution in [0.1, 0.15) is 44.0 Å². The summed E-state index contributed by atoms with van der Waals surface area (Å²) in [5.41, 5.74) is 0.431. The first-order valence-corrected chi connectivity index (χ1v) is 14.0. The number of rotatable bonds is 11. The summed E-state index contributed by atoms with van der Waals surface area (Å²) in [4.78, 5) is 23.4. The molecule has 0 atom stereocenters. The van der Waals surface area contributed by atoms with Gasteiger partial charge in [0.05, 0.1) is 18.8 Å². The van der Waals surface area contributed by atoms with Gasteiger partial charge in [0.25, 0.3) is 0 Å². The summed E-state index contributed by atoms with van der Waals surface area (Å²) < 4.78 is 22.3. The molecule has 0 aliphatic rings. The maximum atomic E-state index is 12.4. The Kier molecular flexibility index (Phi) is 9.29. The van der Waals surface area contributed by atoms with Crippen LogP contribution in [0.25, 0.3) is 0 Å². The van der Waals surface area contributed by atoms with Gasteiger partial charge >= 0.3 is 11.9 Å². The zero-order valence-electron chi connectivity index (χ0n) is 20.2. The molecule has 7 heteroatoms. The summed E-state index contributed by atoms with van der Waals surface area (Å²) in [7, 11) is -1.92. The van der Waals surface area contributed by atoms with Gasteiger partial charge in [-0.1, -0.05) is 27.4 Å². The van der Waals surface area contributed by atoms with Gasteiger partial charge in [0.2, 0.25) is 8.32 Å². The van der Waals surface area contributed by atoms with Crippen LogP contribution in [0, 0.1) is 0 Å². The Morgan fingerprint density at radius 2 is 1.42 bits per heavy atom. The van der Waals surface area contributed by atoms with E-state index < -0.39 is 20.3 Å². The van der Waals surface area contributed by atoms with Crippen LogP contribution >= 0.6 is 0 Å². The lowest BCUT2D eigenvalue weighted by molar-refractivity contribution is -0.137. The van der Waals surface area contributed by atoms with Gasteiger partial charge < -0.3 is 18.6 Å². The van der Waals surface area contributed by atoms with Gasteiger partial charge in [-0.25, -0.2) is 9.59 Å². The SMILES string of the molecule is C=CC(=O)OCCCCOc1ccc(C(=O)Oc2ccc(O[Si](C)(C)C(C)(C)C)cc2)cc1. The van der Waals surface area contributed by atoms with E-state index in [-0.39, 0.29) is 5.04 Å². The molecule has 2 rings (SSSR count). The third-order valence-electron chi connectivity index (χ3n) is 5.52. The van der Waals surface area contributed by atoms with E-state index in [0.29, 0.717) is 36.7 Å². The minimum absolute atomic E-state index is 0.105. The van der Waals surface area contributed by atoms with Crippen molar-refractivity contribution in [2.24, 2.45) is 0 Å². The second-order valence-corrected chi connectivity index (χ2v) is 13.9. The monoisotopic (exact) mass is 470 g/mol. The highest BCUT2D eigenvalue weighted by molar-refractivity contribution is 6.74. The lowest BCUT2D eigenvalue weighted by Crippen LogP contribution is -2.43. The predicted molar refractivity (Wildman–Crippen MR) is 132 cm³/mol. The number of hydrogen-bond donors (Lipinski definition) is 0. The molecule has 0 bridgehead atoms. The Morgan fingerprint density at radius 1 is 0.879 bits per heavy atom. The average Bonchev–Trinajstić information content (AvgIpc) is 2.76. The van der Waals surface area contributed by atoms with E-state index in [2.05, 4.69) is 40.4 Å². The van der Waals surface area contributed by atoms with Crippen molar-refractivity contribution in [1.82, 2.24) is 0 Å². The average molecular weight is 471 g/mol. The number of carbonyl (C=O) groups excluding carboxylic acids is 2. The van der Waals surface area contributed by atoms with Gasteiger partial charge in [0.15, 0.2) is 0 Å². The van der Waals surface area contributed by atoms with Gasteiger partial charge in [-0.2, -0.15) is 0 Å². The van der Waals surface area contributed by atoms with Crippen molar-refractivity contribution in [3.05, 3.63) is 66.7 Å². The summed E-state index contributed by atoms with van der Waals surface area (Å²) >= 11 is 0. The quantitative estimate of drug-likeness (QED) is 0.128. The van der Waals surface area contributed by atoms with Crippen LogP contribution in [0.4, 0.5) is 0 Å². The maximum Gasteiger partial charge on any atom is 0.343 e. The first kappa shape index (κ1) is 26.2. The number of hydrogen-bond acceptors (Lipinski definition) is 6. The molecule has 6 nitrogen and oxygen atoms in total. The predicted octanol–water partition coefficient (Wildman–Crippen LogP) is 6.18. The van der Waals surface area contributed by atoms with E-state index in [4.69, 9.17) is 18.6 Å². The van der Waals surface area contributed by atoms with Crippen molar-refractivity contribution < 1.29 is 28.2 Å². The van der Waals surface area contributed by atoms with E-state index >= 15 is 0 Å². The zero-order valence-corrected chi connectivity index (χ0v) is 21.2. The fourth-order valence-corrected chi connectivity index (χ4v) is 3.53. The first-order valence-electron chi connectivity index (χ1n) is 11.1. The number of esters is 2. The summed E-state index contributed by atoms with van der Waals surface area (Å²) in [5.74, 6) is 1.03. The van der Waals surface area contributed by atoms with Crippen LogP contribution < -0.4 is 13.9 Å². The van der Waals surface area contributed by atoms with Crippen molar-refractivity contribution in [3.63, 3.8) is 0 Å². The van der Waals surface area contributed by atoms with E-state index in [1.54, 1.807) is 36.4 Å². The van der Waals surface area contributed by atoms with Gasteiger partial charge in [-0.05, 0) is 79.5 Å². The van der Waals surface area contributed by atoms with Crippen LogP contribution in [0.2, 0.25) is 18.1 Å². The Balaban J connectivity index is 1.81. The van der Waals surface area contributed by atoms with Crippen molar-refractivity contribution >= 4 is 20.3 Å². The second-order valence-electron chi connectivity index (χ2n) is 9.17. The molecule has 0 amide bonds. The molecule has 33 heavy (non-hydrogen) atoms. The molecule has 0 aromatic heterocycles. The summed E-state index contributed by atoms with van der Waals surface area (Å²) in [5, 5.41) is 0.105. The van der Waals surface area contributed by atoms with Gasteiger partial charge in [-0.3, -0.25) is 0 Å². The highest BCUT2D eigenvalue weighted by atomic mass is 28.4. The minimum Gasteiger partial charge on any atom is -0.543 e. The highest BCUT2D eigenvalue weighted by Gasteiger charge is 2.38. The molecule has 0 aliphatic carbocycles. The van der Waals surface area contributed by atoms with E-state index in [1.165, 1.54) is 0 Å². The summed E-state index contributed by atoms with van der Waals surface area (Å²) in [6, 6.07) is 13.9. The molecule has 0 N–H and O–H groups in total. The first-order chi connectivity index (χ1) is 15.5. The molecule has 2 aromatic carbocycles.